The van der Waals surface area contributed by atoms with Gasteiger partial charge in [-0.3, -0.25) is 0 Å². The third-order valence-corrected chi connectivity index (χ3v) is 3.59. The molecule has 1 heterocycles. The van der Waals surface area contributed by atoms with Gasteiger partial charge in [0.05, 0.1) is 5.41 Å². The molecule has 0 amide bonds. The minimum atomic E-state index is -4.32. The van der Waals surface area contributed by atoms with Crippen molar-refractivity contribution < 1.29 is 17.7 Å². The van der Waals surface area contributed by atoms with Crippen molar-refractivity contribution in [1.29, 1.82) is 0 Å². The number of alkyl halides is 3. The molecule has 102 valence electrons. The van der Waals surface area contributed by atoms with E-state index in [-0.39, 0.29) is 17.8 Å². The molecule has 1 aromatic rings. The largest absolute Gasteiger partial charge is 0.396 e. The van der Waals surface area contributed by atoms with Gasteiger partial charge < -0.3 is 10.3 Å². The molecule has 0 saturated heterocycles. The summed E-state index contributed by atoms with van der Waals surface area (Å²) in [6.45, 7) is 1.88. The highest BCUT2D eigenvalue weighted by molar-refractivity contribution is 5.10. The summed E-state index contributed by atoms with van der Waals surface area (Å²) in [5, 5.41) is 3.39. The highest BCUT2D eigenvalue weighted by Gasteiger charge is 2.41. The SMILES string of the molecule is CC1(c2nc(CC(F)(F)F)no2)CCCCC1N. The standard InChI is InChI=1S/C11H16F3N3O/c1-10(5-3-2-4-7(10)15)9-16-8(17-18-9)6-11(12,13)14/h7H,2-6,15H2,1H3. The molecule has 1 saturated carbocycles. The summed E-state index contributed by atoms with van der Waals surface area (Å²) in [4.78, 5) is 3.86. The Kier molecular flexibility index (Phi) is 3.35. The number of nitrogens with zero attached hydrogens (tertiary/aromatic N) is 2. The van der Waals surface area contributed by atoms with Crippen molar-refractivity contribution in [2.24, 2.45) is 5.73 Å². The van der Waals surface area contributed by atoms with E-state index in [1.54, 1.807) is 0 Å². The van der Waals surface area contributed by atoms with Crippen molar-refractivity contribution in [1.82, 2.24) is 10.1 Å². The van der Waals surface area contributed by atoms with Gasteiger partial charge >= 0.3 is 6.18 Å². The van der Waals surface area contributed by atoms with Gasteiger partial charge in [0.15, 0.2) is 5.82 Å². The zero-order valence-electron chi connectivity index (χ0n) is 10.1. The van der Waals surface area contributed by atoms with E-state index >= 15 is 0 Å². The minimum Gasteiger partial charge on any atom is -0.339 e. The molecule has 0 spiro atoms. The van der Waals surface area contributed by atoms with Gasteiger partial charge in [-0.2, -0.15) is 18.2 Å². The fourth-order valence-corrected chi connectivity index (χ4v) is 2.36. The second kappa shape index (κ2) is 4.53. The summed E-state index contributed by atoms with van der Waals surface area (Å²) in [7, 11) is 0. The van der Waals surface area contributed by atoms with Crippen LogP contribution in [-0.2, 0) is 11.8 Å². The van der Waals surface area contributed by atoms with Crippen LogP contribution in [0.2, 0.25) is 0 Å². The van der Waals surface area contributed by atoms with Crippen LogP contribution in [0, 0.1) is 0 Å². The highest BCUT2D eigenvalue weighted by atomic mass is 19.4. The van der Waals surface area contributed by atoms with E-state index < -0.39 is 18.0 Å². The third kappa shape index (κ3) is 2.66. The molecule has 4 nitrogen and oxygen atoms in total. The van der Waals surface area contributed by atoms with Crippen LogP contribution >= 0.6 is 0 Å². The first kappa shape index (κ1) is 13.3. The van der Waals surface area contributed by atoms with Crippen molar-refractivity contribution in [2.75, 3.05) is 0 Å². The van der Waals surface area contributed by atoms with Crippen LogP contribution in [0.15, 0.2) is 4.52 Å². The topological polar surface area (TPSA) is 64.9 Å². The molecular weight excluding hydrogens is 247 g/mol. The number of halogens is 3. The lowest BCUT2D eigenvalue weighted by Crippen LogP contribution is -2.45. The minimum absolute atomic E-state index is 0.148. The van der Waals surface area contributed by atoms with Crippen molar-refractivity contribution in [3.8, 4) is 0 Å². The Hall–Kier alpha value is -1.11. The molecule has 7 heteroatoms. The molecule has 0 aromatic carbocycles. The normalized spacial score (nSPS) is 29.5. The Morgan fingerprint density at radius 2 is 2.17 bits per heavy atom. The molecule has 18 heavy (non-hydrogen) atoms. The molecule has 0 radical (unpaired) electrons. The third-order valence-electron chi connectivity index (χ3n) is 3.59. The van der Waals surface area contributed by atoms with E-state index in [1.165, 1.54) is 0 Å². The summed E-state index contributed by atoms with van der Waals surface area (Å²) < 4.78 is 41.6. The van der Waals surface area contributed by atoms with E-state index in [0.29, 0.717) is 0 Å². The molecule has 2 unspecified atom stereocenters. The maximum Gasteiger partial charge on any atom is 0.396 e. The zero-order chi connectivity index (χ0) is 13.4. The summed E-state index contributed by atoms with van der Waals surface area (Å²) in [6.07, 6.45) is -1.89. The summed E-state index contributed by atoms with van der Waals surface area (Å²) in [6, 6.07) is -0.148. The Balaban J connectivity index is 2.18. The van der Waals surface area contributed by atoms with E-state index in [4.69, 9.17) is 10.3 Å². The molecule has 2 atom stereocenters. The summed E-state index contributed by atoms with van der Waals surface area (Å²) in [5.41, 5.74) is 5.53. The maximum absolute atomic E-state index is 12.2. The quantitative estimate of drug-likeness (QED) is 0.889. The van der Waals surface area contributed by atoms with Crippen LogP contribution in [0.3, 0.4) is 0 Å². The lowest BCUT2D eigenvalue weighted by molar-refractivity contribution is -0.128. The average Bonchev–Trinajstić information content (AvgIpc) is 2.69. The Labute approximate surface area is 103 Å². The van der Waals surface area contributed by atoms with Crippen molar-refractivity contribution >= 4 is 0 Å². The Morgan fingerprint density at radius 1 is 1.44 bits per heavy atom. The fraction of sp³-hybridized carbons (Fsp3) is 0.818. The monoisotopic (exact) mass is 263 g/mol. The molecule has 1 aromatic heterocycles. The molecular formula is C11H16F3N3O. The summed E-state index contributed by atoms with van der Waals surface area (Å²) in [5.74, 6) is -0.0922. The average molecular weight is 263 g/mol. The maximum atomic E-state index is 12.2. The number of nitrogens with two attached hydrogens (primary N) is 1. The number of aromatic nitrogens is 2. The number of hydrogen-bond acceptors (Lipinski definition) is 4. The van der Waals surface area contributed by atoms with Crippen LogP contribution in [0.1, 0.15) is 44.3 Å². The van der Waals surface area contributed by atoms with Gasteiger partial charge in [-0.1, -0.05) is 18.0 Å². The predicted molar refractivity (Wildman–Crippen MR) is 57.9 cm³/mol. The molecule has 1 aliphatic rings. The van der Waals surface area contributed by atoms with Crippen molar-refractivity contribution in [2.45, 2.75) is 56.7 Å². The molecule has 1 aliphatic carbocycles. The van der Waals surface area contributed by atoms with Gasteiger partial charge in [-0.15, -0.1) is 0 Å². The highest BCUT2D eigenvalue weighted by Crippen LogP contribution is 2.37. The second-order valence-electron chi connectivity index (χ2n) is 5.08. The molecule has 2 N–H and O–H groups in total. The van der Waals surface area contributed by atoms with Gasteiger partial charge in [-0.25, -0.2) is 0 Å². The molecule has 1 fully saturated rings. The van der Waals surface area contributed by atoms with Gasteiger partial charge in [0, 0.05) is 6.04 Å². The van der Waals surface area contributed by atoms with Crippen LogP contribution in [0.25, 0.3) is 0 Å². The predicted octanol–water partition coefficient (Wildman–Crippen LogP) is 2.33. The lowest BCUT2D eigenvalue weighted by Gasteiger charge is -2.35. The second-order valence-corrected chi connectivity index (χ2v) is 5.08. The van der Waals surface area contributed by atoms with Crippen molar-refractivity contribution in [3.63, 3.8) is 0 Å². The first-order chi connectivity index (χ1) is 8.31. The van der Waals surface area contributed by atoms with Gasteiger partial charge in [0.2, 0.25) is 5.89 Å². The van der Waals surface area contributed by atoms with Crippen LogP contribution in [0.5, 0.6) is 0 Å². The van der Waals surface area contributed by atoms with Gasteiger partial charge in [0.1, 0.15) is 6.42 Å². The number of rotatable bonds is 2. The zero-order valence-corrected chi connectivity index (χ0v) is 10.1. The Bertz CT molecular complexity index is 418. The molecule has 2 rings (SSSR count). The van der Waals surface area contributed by atoms with E-state index in [1.807, 2.05) is 6.92 Å². The first-order valence-corrected chi connectivity index (χ1v) is 5.97. The lowest BCUT2D eigenvalue weighted by atomic mass is 9.72. The summed E-state index contributed by atoms with van der Waals surface area (Å²) >= 11 is 0. The first-order valence-electron chi connectivity index (χ1n) is 5.97. The fourth-order valence-electron chi connectivity index (χ4n) is 2.36. The van der Waals surface area contributed by atoms with Crippen molar-refractivity contribution in [3.05, 3.63) is 11.7 Å². The number of hydrogen-bond donors (Lipinski definition) is 1. The van der Waals surface area contributed by atoms with Crippen LogP contribution in [0.4, 0.5) is 13.2 Å². The Morgan fingerprint density at radius 3 is 2.78 bits per heavy atom. The smallest absolute Gasteiger partial charge is 0.339 e. The molecule has 0 bridgehead atoms. The van der Waals surface area contributed by atoms with Crippen LogP contribution in [-0.4, -0.2) is 22.4 Å². The van der Waals surface area contributed by atoms with E-state index in [0.717, 1.165) is 25.7 Å². The van der Waals surface area contributed by atoms with Crippen LogP contribution < -0.4 is 5.73 Å². The molecule has 0 aliphatic heterocycles. The van der Waals surface area contributed by atoms with Gasteiger partial charge in [0.25, 0.3) is 0 Å². The van der Waals surface area contributed by atoms with E-state index in [2.05, 4.69) is 10.1 Å². The van der Waals surface area contributed by atoms with Gasteiger partial charge in [-0.05, 0) is 19.8 Å². The van der Waals surface area contributed by atoms with E-state index in [9.17, 15) is 13.2 Å².